The molecule has 0 aromatic rings. The number of rotatable bonds is 2. The van der Waals surface area contributed by atoms with Crippen molar-refractivity contribution in [2.75, 3.05) is 14.2 Å². The van der Waals surface area contributed by atoms with E-state index in [0.29, 0.717) is 0 Å². The van der Waals surface area contributed by atoms with Gasteiger partial charge in [-0.2, -0.15) is 0 Å². The van der Waals surface area contributed by atoms with Crippen LogP contribution in [0.1, 0.15) is 0 Å². The largest absolute Gasteiger partial charge is 0.479 e. The van der Waals surface area contributed by atoms with Crippen LogP contribution in [0.3, 0.4) is 0 Å². The first kappa shape index (κ1) is 9.53. The minimum absolute atomic E-state index is 0.847. The van der Waals surface area contributed by atoms with Crippen molar-refractivity contribution in [3.8, 4) is 0 Å². The molecule has 0 aliphatic carbocycles. The average molecular weight is 186 g/mol. The van der Waals surface area contributed by atoms with Crippen molar-refractivity contribution in [1.82, 2.24) is 10.4 Å². The van der Waals surface area contributed by atoms with Gasteiger partial charge in [0.2, 0.25) is 0 Å². The van der Waals surface area contributed by atoms with Crippen molar-refractivity contribution < 1.29 is 19.4 Å². The van der Waals surface area contributed by atoms with E-state index >= 15 is 0 Å². The number of carbonyl (C=O) groups excluding carboxylic acids is 1. The monoisotopic (exact) mass is 186 g/mol. The SMILES string of the molecule is COC(=O)C1(C(=O)O)C=CN(C)N1. The number of hydrazine groups is 1. The molecule has 6 heteroatoms. The number of hydrogen-bond donors (Lipinski definition) is 2. The van der Waals surface area contributed by atoms with Crippen molar-refractivity contribution in [3.63, 3.8) is 0 Å². The molecule has 2 N–H and O–H groups in total. The van der Waals surface area contributed by atoms with Gasteiger partial charge >= 0.3 is 11.9 Å². The number of esters is 1. The Hall–Kier alpha value is -1.56. The summed E-state index contributed by atoms with van der Waals surface area (Å²) < 4.78 is 4.39. The van der Waals surface area contributed by atoms with Crippen molar-refractivity contribution in [2.24, 2.45) is 0 Å². The van der Waals surface area contributed by atoms with Gasteiger partial charge in [-0.05, 0) is 6.08 Å². The Morgan fingerprint density at radius 1 is 1.62 bits per heavy atom. The zero-order valence-electron chi connectivity index (χ0n) is 7.27. The van der Waals surface area contributed by atoms with Crippen molar-refractivity contribution in [2.45, 2.75) is 5.54 Å². The Balaban J connectivity index is 2.98. The molecule has 13 heavy (non-hydrogen) atoms. The Labute approximate surface area is 74.7 Å². The Morgan fingerprint density at radius 2 is 2.23 bits per heavy atom. The van der Waals surface area contributed by atoms with Crippen molar-refractivity contribution >= 4 is 11.9 Å². The van der Waals surface area contributed by atoms with Crippen LogP contribution in [0.2, 0.25) is 0 Å². The minimum atomic E-state index is -1.77. The molecule has 1 aliphatic heterocycles. The number of ether oxygens (including phenoxy) is 1. The normalized spacial score (nSPS) is 26.2. The second-order valence-electron chi connectivity index (χ2n) is 2.64. The Bertz CT molecular complexity index is 276. The van der Waals surface area contributed by atoms with E-state index in [1.54, 1.807) is 7.05 Å². The van der Waals surface area contributed by atoms with Gasteiger partial charge in [0.15, 0.2) is 0 Å². The number of methoxy groups -OCH3 is 1. The second-order valence-corrected chi connectivity index (χ2v) is 2.64. The molecule has 1 atom stereocenters. The molecule has 1 rings (SSSR count). The van der Waals surface area contributed by atoms with E-state index in [1.165, 1.54) is 17.3 Å². The summed E-state index contributed by atoms with van der Waals surface area (Å²) in [5.74, 6) is -2.14. The third-order valence-corrected chi connectivity index (χ3v) is 1.75. The average Bonchev–Trinajstić information content (AvgIpc) is 2.47. The first-order valence-corrected chi connectivity index (χ1v) is 3.55. The molecule has 0 saturated carbocycles. The highest BCUT2D eigenvalue weighted by molar-refractivity contribution is 6.06. The zero-order chi connectivity index (χ0) is 10.1. The molecule has 6 nitrogen and oxygen atoms in total. The van der Waals surface area contributed by atoms with Crippen LogP contribution in [-0.4, -0.2) is 41.8 Å². The Morgan fingerprint density at radius 3 is 2.54 bits per heavy atom. The summed E-state index contributed by atoms with van der Waals surface area (Å²) in [7, 11) is 2.73. The molecule has 1 unspecified atom stereocenters. The fourth-order valence-electron chi connectivity index (χ4n) is 1.06. The predicted octanol–water partition coefficient (Wildman–Crippen LogP) is -1.05. The van der Waals surface area contributed by atoms with Crippen LogP contribution in [0, 0.1) is 0 Å². The number of nitrogens with zero attached hydrogens (tertiary/aromatic N) is 1. The van der Waals surface area contributed by atoms with Gasteiger partial charge in [0, 0.05) is 13.2 Å². The molecule has 0 aromatic carbocycles. The van der Waals surface area contributed by atoms with Crippen LogP contribution in [0.25, 0.3) is 0 Å². The third kappa shape index (κ3) is 1.35. The van der Waals surface area contributed by atoms with E-state index < -0.39 is 17.5 Å². The standard InChI is InChI=1S/C7H10N2O4/c1-9-4-3-7(8-9,5(10)11)6(12)13-2/h3-4,8H,1-2H3,(H,10,11). The van der Waals surface area contributed by atoms with Crippen LogP contribution in [-0.2, 0) is 14.3 Å². The van der Waals surface area contributed by atoms with Gasteiger partial charge in [0.25, 0.3) is 5.54 Å². The number of aliphatic carboxylic acids is 1. The van der Waals surface area contributed by atoms with Crippen LogP contribution in [0.15, 0.2) is 12.3 Å². The predicted molar refractivity (Wildman–Crippen MR) is 42.4 cm³/mol. The summed E-state index contributed by atoms with van der Waals surface area (Å²) in [5, 5.41) is 10.2. The van der Waals surface area contributed by atoms with Gasteiger partial charge in [-0.25, -0.2) is 15.0 Å². The molecule has 0 radical (unpaired) electrons. The number of carbonyl (C=O) groups is 2. The minimum Gasteiger partial charge on any atom is -0.479 e. The molecule has 0 amide bonds. The summed E-state index contributed by atoms with van der Waals surface area (Å²) in [6.07, 6.45) is 2.69. The van der Waals surface area contributed by atoms with Gasteiger partial charge in [-0.1, -0.05) is 0 Å². The topological polar surface area (TPSA) is 78.9 Å². The van der Waals surface area contributed by atoms with Crippen LogP contribution in [0.4, 0.5) is 0 Å². The molecule has 1 heterocycles. The zero-order valence-corrected chi connectivity index (χ0v) is 7.27. The molecule has 72 valence electrons. The molecule has 0 spiro atoms. The van der Waals surface area contributed by atoms with Crippen LogP contribution < -0.4 is 5.43 Å². The van der Waals surface area contributed by atoms with Crippen LogP contribution in [0.5, 0.6) is 0 Å². The maximum Gasteiger partial charge on any atom is 0.343 e. The highest BCUT2D eigenvalue weighted by Crippen LogP contribution is 2.16. The van der Waals surface area contributed by atoms with Crippen molar-refractivity contribution in [3.05, 3.63) is 12.3 Å². The van der Waals surface area contributed by atoms with Gasteiger partial charge in [-0.3, -0.25) is 0 Å². The van der Waals surface area contributed by atoms with Crippen molar-refractivity contribution in [1.29, 1.82) is 0 Å². The van der Waals surface area contributed by atoms with E-state index in [-0.39, 0.29) is 0 Å². The summed E-state index contributed by atoms with van der Waals surface area (Å²) in [5.41, 5.74) is 0.691. The summed E-state index contributed by atoms with van der Waals surface area (Å²) in [6.45, 7) is 0. The quantitative estimate of drug-likeness (QED) is 0.423. The van der Waals surface area contributed by atoms with Gasteiger partial charge in [-0.15, -0.1) is 0 Å². The Kier molecular flexibility index (Phi) is 2.24. The fraction of sp³-hybridized carbons (Fsp3) is 0.429. The molecular formula is C7H10N2O4. The number of carboxylic acid groups (broad SMARTS) is 1. The highest BCUT2D eigenvalue weighted by atomic mass is 16.5. The van der Waals surface area contributed by atoms with Gasteiger partial charge < -0.3 is 14.9 Å². The van der Waals surface area contributed by atoms with E-state index in [4.69, 9.17) is 5.11 Å². The molecule has 0 aromatic heterocycles. The lowest BCUT2D eigenvalue weighted by atomic mass is 10.0. The summed E-state index contributed by atoms with van der Waals surface area (Å²) in [4.78, 5) is 22.0. The molecule has 0 fully saturated rings. The lowest BCUT2D eigenvalue weighted by Gasteiger charge is -2.22. The third-order valence-electron chi connectivity index (χ3n) is 1.75. The van der Waals surface area contributed by atoms with E-state index in [9.17, 15) is 9.59 Å². The maximum absolute atomic E-state index is 11.2. The highest BCUT2D eigenvalue weighted by Gasteiger charge is 2.48. The van der Waals surface area contributed by atoms with E-state index in [0.717, 1.165) is 7.11 Å². The summed E-state index contributed by atoms with van der Waals surface area (Å²) >= 11 is 0. The molecule has 0 saturated heterocycles. The number of carboxylic acids is 1. The van der Waals surface area contributed by atoms with Gasteiger partial charge in [0.1, 0.15) is 0 Å². The number of hydrogen-bond acceptors (Lipinski definition) is 5. The van der Waals surface area contributed by atoms with E-state index in [2.05, 4.69) is 10.2 Å². The summed E-state index contributed by atoms with van der Waals surface area (Å²) in [6, 6.07) is 0. The second kappa shape index (κ2) is 3.06. The molecule has 1 aliphatic rings. The first-order chi connectivity index (χ1) is 6.03. The van der Waals surface area contributed by atoms with Crippen LogP contribution >= 0.6 is 0 Å². The van der Waals surface area contributed by atoms with E-state index in [1.807, 2.05) is 0 Å². The molecule has 0 bridgehead atoms. The lowest BCUT2D eigenvalue weighted by molar-refractivity contribution is -0.159. The smallest absolute Gasteiger partial charge is 0.343 e. The van der Waals surface area contributed by atoms with Gasteiger partial charge in [0.05, 0.1) is 7.11 Å². The first-order valence-electron chi connectivity index (χ1n) is 3.55. The maximum atomic E-state index is 11.2. The number of nitrogens with one attached hydrogen (secondary N) is 1. The lowest BCUT2D eigenvalue weighted by Crippen LogP contribution is -2.57. The molecular weight excluding hydrogens is 176 g/mol. The fourth-order valence-corrected chi connectivity index (χ4v) is 1.06.